The first kappa shape index (κ1) is 8.72. The fourth-order valence-corrected chi connectivity index (χ4v) is 0.941. The van der Waals surface area contributed by atoms with Gasteiger partial charge in [0.15, 0.2) is 0 Å². The van der Waals surface area contributed by atoms with Crippen LogP contribution in [0.4, 0.5) is 0 Å². The van der Waals surface area contributed by atoms with E-state index in [-0.39, 0.29) is 0 Å². The van der Waals surface area contributed by atoms with Crippen LogP contribution in [-0.2, 0) is 17.9 Å². The Bertz CT molecular complexity index is 274. The van der Waals surface area contributed by atoms with Crippen molar-refractivity contribution in [2.45, 2.75) is 13.0 Å². The topological polar surface area (TPSA) is 59.0 Å². The quantitative estimate of drug-likeness (QED) is 0.678. The first-order valence-corrected chi connectivity index (χ1v) is 3.63. The molecule has 0 saturated carbocycles. The highest BCUT2D eigenvalue weighted by molar-refractivity contribution is 5.23. The number of hydrogen-bond donors (Lipinski definition) is 1. The molecule has 0 saturated heterocycles. The smallest absolute Gasteiger partial charge is 0.0930 e. The summed E-state index contributed by atoms with van der Waals surface area (Å²) < 4.78 is 0. The molecule has 1 aromatic rings. The first-order chi connectivity index (χ1) is 5.86. The van der Waals surface area contributed by atoms with Gasteiger partial charge in [-0.15, -0.1) is 0 Å². The van der Waals surface area contributed by atoms with Crippen LogP contribution in [0.25, 0.3) is 0 Å². The van der Waals surface area contributed by atoms with Crippen LogP contribution in [0.2, 0.25) is 0 Å². The summed E-state index contributed by atoms with van der Waals surface area (Å²) in [6.45, 7) is 0.410. The average Bonchev–Trinajstić information content (AvgIpc) is 2.09. The molecule has 3 nitrogen and oxygen atoms in total. The molecule has 0 bridgehead atoms. The van der Waals surface area contributed by atoms with E-state index in [0.717, 1.165) is 11.1 Å². The summed E-state index contributed by atoms with van der Waals surface area (Å²) in [7, 11) is 0. The van der Waals surface area contributed by atoms with Gasteiger partial charge in [0.25, 0.3) is 0 Å². The highest BCUT2D eigenvalue weighted by atomic mass is 16.6. The van der Waals surface area contributed by atoms with Crippen molar-refractivity contribution >= 4 is 0 Å². The highest BCUT2D eigenvalue weighted by Gasteiger charge is 1.92. The Morgan fingerprint density at radius 1 is 1.25 bits per heavy atom. The molecule has 0 unspecified atom stereocenters. The monoisotopic (exact) mass is 162 g/mol. The third kappa shape index (κ3) is 2.35. The van der Waals surface area contributed by atoms with Gasteiger partial charge in [0.05, 0.1) is 19.1 Å². The van der Waals surface area contributed by atoms with Crippen LogP contribution in [0.3, 0.4) is 0 Å². The van der Waals surface area contributed by atoms with E-state index in [4.69, 9.17) is 11.2 Å². The summed E-state index contributed by atoms with van der Waals surface area (Å²) in [6.07, 6.45) is 0.448. The SMILES string of the molecule is N#CCc1ccc(CON)cc1. The summed E-state index contributed by atoms with van der Waals surface area (Å²) in [5.41, 5.74) is 2.03. The lowest BCUT2D eigenvalue weighted by atomic mass is 10.1. The van der Waals surface area contributed by atoms with Gasteiger partial charge < -0.3 is 0 Å². The van der Waals surface area contributed by atoms with Crippen LogP contribution in [0.5, 0.6) is 0 Å². The molecule has 0 amide bonds. The number of nitriles is 1. The van der Waals surface area contributed by atoms with E-state index in [9.17, 15) is 0 Å². The van der Waals surface area contributed by atoms with Crippen molar-refractivity contribution in [2.24, 2.45) is 5.90 Å². The lowest BCUT2D eigenvalue weighted by Crippen LogP contribution is -1.98. The van der Waals surface area contributed by atoms with E-state index < -0.39 is 0 Å². The van der Waals surface area contributed by atoms with Gasteiger partial charge >= 0.3 is 0 Å². The molecule has 3 heteroatoms. The average molecular weight is 162 g/mol. The van der Waals surface area contributed by atoms with E-state index in [1.54, 1.807) is 0 Å². The van der Waals surface area contributed by atoms with Crippen molar-refractivity contribution < 1.29 is 4.84 Å². The Hall–Kier alpha value is -1.37. The minimum absolute atomic E-state index is 0.410. The molecule has 1 rings (SSSR count). The minimum atomic E-state index is 0.410. The Kier molecular flexibility index (Phi) is 3.27. The second kappa shape index (κ2) is 4.50. The lowest BCUT2D eigenvalue weighted by molar-refractivity contribution is 0.124. The summed E-state index contributed by atoms with van der Waals surface area (Å²) >= 11 is 0. The molecule has 0 spiro atoms. The van der Waals surface area contributed by atoms with Gasteiger partial charge in [-0.25, -0.2) is 5.90 Å². The predicted octanol–water partition coefficient (Wildman–Crippen LogP) is 1.14. The standard InChI is InChI=1S/C9H10N2O/c10-6-5-8-1-3-9(4-2-8)7-12-11/h1-4H,5,7,11H2. The van der Waals surface area contributed by atoms with E-state index in [1.807, 2.05) is 24.3 Å². The normalized spacial score (nSPS) is 9.33. The second-order valence-electron chi connectivity index (χ2n) is 2.46. The number of rotatable bonds is 3. The van der Waals surface area contributed by atoms with Crippen LogP contribution in [-0.4, -0.2) is 0 Å². The van der Waals surface area contributed by atoms with Crippen molar-refractivity contribution in [3.63, 3.8) is 0 Å². The molecule has 0 aliphatic carbocycles. The van der Waals surface area contributed by atoms with Crippen LogP contribution in [0, 0.1) is 11.3 Å². The third-order valence-electron chi connectivity index (χ3n) is 1.56. The maximum atomic E-state index is 8.40. The number of nitrogens with two attached hydrogens (primary N) is 1. The summed E-state index contributed by atoms with van der Waals surface area (Å²) in [5, 5.41) is 8.40. The van der Waals surface area contributed by atoms with E-state index >= 15 is 0 Å². The van der Waals surface area contributed by atoms with E-state index in [2.05, 4.69) is 10.9 Å². The van der Waals surface area contributed by atoms with Crippen molar-refractivity contribution in [1.29, 1.82) is 5.26 Å². The van der Waals surface area contributed by atoms with Gasteiger partial charge in [0, 0.05) is 0 Å². The zero-order valence-electron chi connectivity index (χ0n) is 6.66. The van der Waals surface area contributed by atoms with Crippen molar-refractivity contribution in [2.75, 3.05) is 0 Å². The molecule has 0 fully saturated rings. The number of hydrogen-bond acceptors (Lipinski definition) is 3. The summed E-state index contributed by atoms with van der Waals surface area (Å²) in [5.74, 6) is 4.90. The predicted molar refractivity (Wildman–Crippen MR) is 44.7 cm³/mol. The Morgan fingerprint density at radius 3 is 2.33 bits per heavy atom. The third-order valence-corrected chi connectivity index (χ3v) is 1.56. The maximum absolute atomic E-state index is 8.40. The Morgan fingerprint density at radius 2 is 1.83 bits per heavy atom. The van der Waals surface area contributed by atoms with Crippen molar-refractivity contribution in [1.82, 2.24) is 0 Å². The van der Waals surface area contributed by atoms with Crippen molar-refractivity contribution in [3.05, 3.63) is 35.4 Å². The molecule has 12 heavy (non-hydrogen) atoms. The summed E-state index contributed by atoms with van der Waals surface area (Å²) in [6, 6.07) is 9.68. The lowest BCUT2D eigenvalue weighted by Gasteiger charge is -1.99. The van der Waals surface area contributed by atoms with Crippen LogP contribution in [0.15, 0.2) is 24.3 Å². The Labute approximate surface area is 71.3 Å². The number of nitrogens with zero attached hydrogens (tertiary/aromatic N) is 1. The molecular formula is C9H10N2O. The van der Waals surface area contributed by atoms with E-state index in [0.29, 0.717) is 13.0 Å². The fraction of sp³-hybridized carbons (Fsp3) is 0.222. The molecule has 0 radical (unpaired) electrons. The van der Waals surface area contributed by atoms with Gasteiger partial charge in [-0.05, 0) is 11.1 Å². The molecule has 0 aliphatic heterocycles. The summed E-state index contributed by atoms with van der Waals surface area (Å²) in [4.78, 5) is 4.46. The molecule has 62 valence electrons. The van der Waals surface area contributed by atoms with Gasteiger partial charge in [-0.3, -0.25) is 4.84 Å². The van der Waals surface area contributed by atoms with Gasteiger partial charge in [0.2, 0.25) is 0 Å². The first-order valence-electron chi connectivity index (χ1n) is 3.63. The largest absolute Gasteiger partial charge is 0.300 e. The molecule has 0 heterocycles. The zero-order valence-corrected chi connectivity index (χ0v) is 6.66. The molecular weight excluding hydrogens is 152 g/mol. The van der Waals surface area contributed by atoms with Gasteiger partial charge in [0.1, 0.15) is 0 Å². The molecule has 2 N–H and O–H groups in total. The van der Waals surface area contributed by atoms with Crippen LogP contribution in [0.1, 0.15) is 11.1 Å². The Balaban J connectivity index is 2.66. The number of benzene rings is 1. The van der Waals surface area contributed by atoms with Crippen LogP contribution >= 0.6 is 0 Å². The van der Waals surface area contributed by atoms with Gasteiger partial charge in [-0.2, -0.15) is 5.26 Å². The molecule has 0 aliphatic rings. The maximum Gasteiger partial charge on any atom is 0.0930 e. The molecule has 1 aromatic carbocycles. The highest BCUT2D eigenvalue weighted by Crippen LogP contribution is 2.04. The van der Waals surface area contributed by atoms with Crippen LogP contribution < -0.4 is 5.90 Å². The zero-order chi connectivity index (χ0) is 8.81. The minimum Gasteiger partial charge on any atom is -0.300 e. The second-order valence-corrected chi connectivity index (χ2v) is 2.46. The molecule has 0 aromatic heterocycles. The fourth-order valence-electron chi connectivity index (χ4n) is 0.941. The van der Waals surface area contributed by atoms with E-state index in [1.165, 1.54) is 0 Å². The van der Waals surface area contributed by atoms with Gasteiger partial charge in [-0.1, -0.05) is 24.3 Å². The molecule has 0 atom stereocenters. The van der Waals surface area contributed by atoms with Crippen molar-refractivity contribution in [3.8, 4) is 6.07 Å².